The lowest BCUT2D eigenvalue weighted by Crippen LogP contribution is -2.09. The second kappa shape index (κ2) is 16.6. The fourth-order valence-electron chi connectivity index (χ4n) is 8.78. The molecule has 1 heterocycles. The number of nitrogens with zero attached hydrogens (tertiary/aromatic N) is 2. The standard InChI is InChI=1S/C60H43N3/c1-5-13-43(14-6-1)45-21-31-53(32-22-45)62(51-17-9-3-10-18-51)55-35-25-47(26-36-55)49-29-39-59-57(41-49)58-42-50(30-40-60(58)61-59)48-27-37-56(38-28-48)63(52-19-11-4-12-20-52)54-33-23-46(24-34-54)44-15-7-2-8-16-44/h1-42,61H. The van der Waals surface area contributed by atoms with Crippen molar-refractivity contribution in [2.24, 2.45) is 0 Å². The summed E-state index contributed by atoms with van der Waals surface area (Å²) in [6.45, 7) is 0. The number of benzene rings is 10. The summed E-state index contributed by atoms with van der Waals surface area (Å²) in [7, 11) is 0. The van der Waals surface area contributed by atoms with E-state index < -0.39 is 0 Å². The van der Waals surface area contributed by atoms with Crippen LogP contribution in [-0.2, 0) is 0 Å². The molecule has 0 radical (unpaired) electrons. The highest BCUT2D eigenvalue weighted by Gasteiger charge is 2.16. The lowest BCUT2D eigenvalue weighted by Gasteiger charge is -2.26. The molecule has 0 amide bonds. The maximum absolute atomic E-state index is 3.67. The van der Waals surface area contributed by atoms with Gasteiger partial charge in [-0.1, -0.05) is 158 Å². The van der Waals surface area contributed by atoms with E-state index in [0.29, 0.717) is 0 Å². The van der Waals surface area contributed by atoms with Gasteiger partial charge in [-0.05, 0) is 142 Å². The second-order valence-electron chi connectivity index (χ2n) is 15.9. The Kier molecular flexibility index (Phi) is 9.89. The van der Waals surface area contributed by atoms with Crippen LogP contribution in [-0.4, -0.2) is 4.98 Å². The van der Waals surface area contributed by atoms with Crippen LogP contribution in [0.15, 0.2) is 255 Å². The Morgan fingerprint density at radius 2 is 0.444 bits per heavy atom. The van der Waals surface area contributed by atoms with Crippen LogP contribution in [0.3, 0.4) is 0 Å². The SMILES string of the molecule is c1ccc(-c2ccc(N(c3ccccc3)c3ccc(-c4ccc5[nH]c6ccc(-c7ccc(N(c8ccccc8)c8ccc(-c9ccccc9)cc8)cc7)cc6c5c4)cc3)cc2)cc1. The number of hydrogen-bond donors (Lipinski definition) is 1. The van der Waals surface area contributed by atoms with Gasteiger partial charge in [0, 0.05) is 55.9 Å². The van der Waals surface area contributed by atoms with Crippen molar-refractivity contribution in [3.05, 3.63) is 255 Å². The Hall–Kier alpha value is -8.40. The van der Waals surface area contributed by atoms with E-state index in [1.54, 1.807) is 0 Å². The van der Waals surface area contributed by atoms with Gasteiger partial charge in [0.15, 0.2) is 0 Å². The predicted molar refractivity (Wildman–Crippen MR) is 267 cm³/mol. The molecule has 0 unspecified atom stereocenters. The molecule has 3 heteroatoms. The smallest absolute Gasteiger partial charge is 0.0465 e. The number of fused-ring (bicyclic) bond motifs is 3. The first-order valence-electron chi connectivity index (χ1n) is 21.5. The Balaban J connectivity index is 0.884. The van der Waals surface area contributed by atoms with Gasteiger partial charge in [-0.25, -0.2) is 0 Å². The normalized spacial score (nSPS) is 11.2. The zero-order chi connectivity index (χ0) is 42.0. The average Bonchev–Trinajstić information content (AvgIpc) is 3.74. The fraction of sp³-hybridized carbons (Fsp3) is 0. The van der Waals surface area contributed by atoms with Crippen LogP contribution in [0, 0.1) is 0 Å². The Morgan fingerprint density at radius 3 is 0.762 bits per heavy atom. The average molecular weight is 806 g/mol. The molecule has 3 nitrogen and oxygen atoms in total. The molecule has 0 aliphatic rings. The number of anilines is 6. The largest absolute Gasteiger partial charge is 0.355 e. The van der Waals surface area contributed by atoms with E-state index in [4.69, 9.17) is 0 Å². The number of aromatic amines is 1. The lowest BCUT2D eigenvalue weighted by atomic mass is 9.99. The predicted octanol–water partition coefficient (Wildman–Crippen LogP) is 16.9. The van der Waals surface area contributed by atoms with Crippen LogP contribution in [0.2, 0.25) is 0 Å². The molecule has 1 N–H and O–H groups in total. The van der Waals surface area contributed by atoms with Crippen LogP contribution >= 0.6 is 0 Å². The molecule has 0 saturated carbocycles. The third-order valence-corrected chi connectivity index (χ3v) is 12.0. The molecule has 63 heavy (non-hydrogen) atoms. The van der Waals surface area contributed by atoms with E-state index in [1.165, 1.54) is 55.3 Å². The van der Waals surface area contributed by atoms with E-state index >= 15 is 0 Å². The van der Waals surface area contributed by atoms with Gasteiger partial charge in [-0.2, -0.15) is 0 Å². The van der Waals surface area contributed by atoms with E-state index in [0.717, 1.165) is 45.2 Å². The van der Waals surface area contributed by atoms with Crippen LogP contribution in [0.25, 0.3) is 66.3 Å². The minimum Gasteiger partial charge on any atom is -0.355 e. The topological polar surface area (TPSA) is 22.3 Å². The molecule has 0 aliphatic heterocycles. The van der Waals surface area contributed by atoms with Crippen LogP contribution < -0.4 is 9.80 Å². The summed E-state index contributed by atoms with van der Waals surface area (Å²) in [5.74, 6) is 0. The van der Waals surface area contributed by atoms with E-state index in [1.807, 2.05) is 0 Å². The minimum absolute atomic E-state index is 1.11. The molecule has 0 spiro atoms. The van der Waals surface area contributed by atoms with Gasteiger partial charge in [0.05, 0.1) is 0 Å². The molecular weight excluding hydrogens is 763 g/mol. The van der Waals surface area contributed by atoms with Crippen molar-refractivity contribution in [2.45, 2.75) is 0 Å². The van der Waals surface area contributed by atoms with Gasteiger partial charge < -0.3 is 14.8 Å². The highest BCUT2D eigenvalue weighted by Crippen LogP contribution is 2.40. The molecule has 1 aromatic heterocycles. The minimum atomic E-state index is 1.11. The maximum atomic E-state index is 3.67. The van der Waals surface area contributed by atoms with E-state index in [-0.39, 0.29) is 0 Å². The number of rotatable bonds is 10. The molecule has 0 atom stereocenters. The molecule has 0 aliphatic carbocycles. The maximum Gasteiger partial charge on any atom is 0.0465 e. The molecule has 0 fully saturated rings. The van der Waals surface area contributed by atoms with Crippen LogP contribution in [0.5, 0.6) is 0 Å². The lowest BCUT2D eigenvalue weighted by molar-refractivity contribution is 1.28. The molecular formula is C60H43N3. The molecule has 0 saturated heterocycles. The quantitative estimate of drug-likeness (QED) is 0.149. The number of hydrogen-bond acceptors (Lipinski definition) is 2. The van der Waals surface area contributed by atoms with Crippen molar-refractivity contribution in [1.82, 2.24) is 4.98 Å². The Morgan fingerprint density at radius 1 is 0.206 bits per heavy atom. The molecule has 10 aromatic carbocycles. The van der Waals surface area contributed by atoms with Crippen molar-refractivity contribution >= 4 is 55.9 Å². The number of aromatic nitrogens is 1. The van der Waals surface area contributed by atoms with Crippen LogP contribution in [0.1, 0.15) is 0 Å². The van der Waals surface area contributed by atoms with Gasteiger partial charge >= 0.3 is 0 Å². The van der Waals surface area contributed by atoms with Crippen molar-refractivity contribution in [1.29, 1.82) is 0 Å². The fourth-order valence-corrected chi connectivity index (χ4v) is 8.78. The number of H-pyrrole nitrogens is 1. The monoisotopic (exact) mass is 805 g/mol. The van der Waals surface area contributed by atoms with E-state index in [2.05, 4.69) is 270 Å². The molecule has 11 aromatic rings. The highest BCUT2D eigenvalue weighted by molar-refractivity contribution is 6.09. The Labute approximate surface area is 368 Å². The van der Waals surface area contributed by atoms with Crippen LogP contribution in [0.4, 0.5) is 34.1 Å². The zero-order valence-corrected chi connectivity index (χ0v) is 34.6. The van der Waals surface area contributed by atoms with Gasteiger partial charge in [-0.3, -0.25) is 0 Å². The summed E-state index contributed by atoms with van der Waals surface area (Å²) >= 11 is 0. The van der Waals surface area contributed by atoms with Gasteiger partial charge in [0.2, 0.25) is 0 Å². The first-order chi connectivity index (χ1) is 31.2. The van der Waals surface area contributed by atoms with Crippen molar-refractivity contribution < 1.29 is 0 Å². The van der Waals surface area contributed by atoms with Crippen molar-refractivity contribution in [3.8, 4) is 44.5 Å². The summed E-state index contributed by atoms with van der Waals surface area (Å²) in [6, 6.07) is 91.3. The third-order valence-electron chi connectivity index (χ3n) is 12.0. The third kappa shape index (κ3) is 7.54. The number of nitrogens with one attached hydrogen (secondary N) is 1. The highest BCUT2D eigenvalue weighted by atomic mass is 15.1. The summed E-state index contributed by atoms with van der Waals surface area (Å²) in [4.78, 5) is 8.31. The number of para-hydroxylation sites is 2. The second-order valence-corrected chi connectivity index (χ2v) is 15.9. The van der Waals surface area contributed by atoms with Crippen molar-refractivity contribution in [3.63, 3.8) is 0 Å². The summed E-state index contributed by atoms with van der Waals surface area (Å²) in [5.41, 5.74) is 18.5. The molecule has 0 bridgehead atoms. The van der Waals surface area contributed by atoms with Gasteiger partial charge in [-0.15, -0.1) is 0 Å². The molecule has 11 rings (SSSR count). The Bertz CT molecular complexity index is 3050. The summed E-state index contributed by atoms with van der Waals surface area (Å²) in [6.07, 6.45) is 0. The summed E-state index contributed by atoms with van der Waals surface area (Å²) < 4.78 is 0. The first-order valence-corrected chi connectivity index (χ1v) is 21.5. The van der Waals surface area contributed by atoms with E-state index in [9.17, 15) is 0 Å². The molecule has 298 valence electrons. The van der Waals surface area contributed by atoms with Crippen molar-refractivity contribution in [2.75, 3.05) is 9.80 Å². The summed E-state index contributed by atoms with van der Waals surface area (Å²) in [5, 5.41) is 2.42. The zero-order valence-electron chi connectivity index (χ0n) is 34.6. The van der Waals surface area contributed by atoms with Gasteiger partial charge in [0.1, 0.15) is 0 Å². The van der Waals surface area contributed by atoms with Gasteiger partial charge in [0.25, 0.3) is 0 Å². The first kappa shape index (κ1) is 37.6.